The predicted octanol–water partition coefficient (Wildman–Crippen LogP) is 5.87. The molecule has 46 heavy (non-hydrogen) atoms. The number of nitrogens with one attached hydrogen (secondary N) is 2. The van der Waals surface area contributed by atoms with Crippen LogP contribution in [0.4, 0.5) is 5.69 Å². The van der Waals surface area contributed by atoms with Crippen LogP contribution in [0.2, 0.25) is 0 Å². The number of carbonyl (C=O) groups is 1. The highest BCUT2D eigenvalue weighted by Gasteiger charge is 2.25. The molecule has 1 amide bonds. The largest absolute Gasteiger partial charge is 0.329 e. The number of fused-ring (bicyclic) bond motifs is 2. The first kappa shape index (κ1) is 29.2. The van der Waals surface area contributed by atoms with Gasteiger partial charge < -0.3 is 10.3 Å². The van der Waals surface area contributed by atoms with E-state index in [0.29, 0.717) is 16.6 Å². The van der Waals surface area contributed by atoms with Crippen LogP contribution in [0.25, 0.3) is 44.3 Å². The number of piperidine rings is 1. The third-order valence-corrected chi connectivity index (χ3v) is 8.94. The van der Waals surface area contributed by atoms with E-state index in [1.165, 1.54) is 11.6 Å². The Hall–Kier alpha value is -5.54. The second-order valence-corrected chi connectivity index (χ2v) is 11.8. The quantitative estimate of drug-likeness (QED) is 0.220. The Morgan fingerprint density at radius 2 is 1.72 bits per heavy atom. The summed E-state index contributed by atoms with van der Waals surface area (Å²) in [6, 6.07) is 27.9. The molecule has 1 fully saturated rings. The lowest BCUT2D eigenvalue weighted by Crippen LogP contribution is -2.37. The van der Waals surface area contributed by atoms with E-state index in [9.17, 15) is 14.4 Å². The molecule has 1 saturated heterocycles. The lowest BCUT2D eigenvalue weighted by atomic mass is 9.97. The van der Waals surface area contributed by atoms with E-state index < -0.39 is 0 Å². The van der Waals surface area contributed by atoms with Crippen LogP contribution in [0.5, 0.6) is 0 Å². The lowest BCUT2D eigenvalue weighted by molar-refractivity contribution is -0.111. The van der Waals surface area contributed by atoms with Gasteiger partial charge in [0.15, 0.2) is 0 Å². The van der Waals surface area contributed by atoms with Crippen molar-refractivity contribution in [1.29, 1.82) is 0 Å². The number of likely N-dealkylation sites (tertiary alicyclic amines) is 1. The van der Waals surface area contributed by atoms with Gasteiger partial charge in [-0.2, -0.15) is 0 Å². The highest BCUT2D eigenvalue weighted by molar-refractivity contribution is 6.00. The number of imidazole rings is 1. The number of rotatable bonds is 7. The molecule has 6 aromatic rings. The van der Waals surface area contributed by atoms with Gasteiger partial charge in [-0.05, 0) is 60.4 Å². The van der Waals surface area contributed by atoms with Crippen LogP contribution < -0.4 is 16.6 Å². The Balaban J connectivity index is 1.09. The molecule has 230 valence electrons. The minimum atomic E-state index is -0.285. The van der Waals surface area contributed by atoms with Crippen molar-refractivity contribution in [1.82, 2.24) is 24.0 Å². The number of hydrogen-bond acceptors (Lipinski definition) is 5. The molecule has 0 atom stereocenters. The summed E-state index contributed by atoms with van der Waals surface area (Å²) in [6.07, 6.45) is 4.56. The second kappa shape index (κ2) is 12.1. The van der Waals surface area contributed by atoms with E-state index >= 15 is 0 Å². The van der Waals surface area contributed by atoms with Crippen LogP contribution in [0.3, 0.4) is 0 Å². The van der Waals surface area contributed by atoms with Gasteiger partial charge in [-0.15, -0.1) is 0 Å². The average Bonchev–Trinajstić information content (AvgIpc) is 3.33. The molecule has 9 heteroatoms. The Morgan fingerprint density at radius 1 is 0.957 bits per heavy atom. The smallest absolute Gasteiger partial charge is 0.328 e. The van der Waals surface area contributed by atoms with Crippen LogP contribution in [0.15, 0.2) is 113 Å². The van der Waals surface area contributed by atoms with E-state index in [4.69, 9.17) is 4.98 Å². The van der Waals surface area contributed by atoms with Crippen molar-refractivity contribution >= 4 is 33.5 Å². The van der Waals surface area contributed by atoms with Crippen molar-refractivity contribution in [2.45, 2.75) is 25.4 Å². The molecule has 0 spiro atoms. The van der Waals surface area contributed by atoms with Crippen molar-refractivity contribution in [2.24, 2.45) is 7.05 Å². The Labute approximate surface area is 265 Å². The molecule has 3 aromatic heterocycles. The van der Waals surface area contributed by atoms with Gasteiger partial charge in [-0.25, -0.2) is 9.78 Å². The van der Waals surface area contributed by atoms with Crippen LogP contribution >= 0.6 is 0 Å². The van der Waals surface area contributed by atoms with Crippen molar-refractivity contribution in [3.05, 3.63) is 130 Å². The summed E-state index contributed by atoms with van der Waals surface area (Å²) in [7, 11) is 1.79. The maximum absolute atomic E-state index is 13.3. The molecule has 1 aliphatic rings. The number of nitrogens with zero attached hydrogens (tertiary/aromatic N) is 4. The highest BCUT2D eigenvalue weighted by atomic mass is 16.2. The Kier molecular flexibility index (Phi) is 7.68. The van der Waals surface area contributed by atoms with E-state index in [1.54, 1.807) is 23.9 Å². The van der Waals surface area contributed by atoms with E-state index in [-0.39, 0.29) is 23.2 Å². The molecule has 0 saturated carbocycles. The van der Waals surface area contributed by atoms with Crippen molar-refractivity contribution in [2.75, 3.05) is 18.4 Å². The number of carbonyl (C=O) groups excluding carboxylic acids is 1. The van der Waals surface area contributed by atoms with Crippen molar-refractivity contribution in [3.8, 4) is 22.4 Å². The summed E-state index contributed by atoms with van der Waals surface area (Å²) < 4.78 is 3.56. The molecule has 7 rings (SSSR count). The summed E-state index contributed by atoms with van der Waals surface area (Å²) in [5.41, 5.74) is 7.71. The summed E-state index contributed by atoms with van der Waals surface area (Å²) in [6.45, 7) is 6.05. The van der Waals surface area contributed by atoms with Gasteiger partial charge in [0.2, 0.25) is 5.91 Å². The van der Waals surface area contributed by atoms with Crippen molar-refractivity contribution < 1.29 is 4.79 Å². The Bertz CT molecular complexity index is 2210. The van der Waals surface area contributed by atoms with Crippen LogP contribution in [-0.4, -0.2) is 43.0 Å². The van der Waals surface area contributed by atoms with Gasteiger partial charge >= 0.3 is 5.69 Å². The number of aromatic amines is 1. The molecule has 2 N–H and O–H groups in total. The molecular formula is C37H34N6O3. The first-order valence-corrected chi connectivity index (χ1v) is 15.4. The van der Waals surface area contributed by atoms with Gasteiger partial charge in [0.1, 0.15) is 0 Å². The molecular weight excluding hydrogens is 576 g/mol. The van der Waals surface area contributed by atoms with Crippen molar-refractivity contribution in [3.63, 3.8) is 0 Å². The molecule has 0 aliphatic carbocycles. The SMILES string of the molecule is C=CC(=O)Nc1ccc2c(c1)n(C1CCN(Cc3ccc(-c4nc5cc[nH]c(=O)c5cc4-c4ccccc4)cc3)CC1)c(=O)n2C. The fraction of sp³-hybridized carbons (Fsp3) is 0.189. The second-order valence-electron chi connectivity index (χ2n) is 11.8. The normalized spacial score (nSPS) is 14.1. The van der Waals surface area contributed by atoms with Crippen LogP contribution in [-0.2, 0) is 18.4 Å². The van der Waals surface area contributed by atoms with Crippen LogP contribution in [0, 0.1) is 0 Å². The third-order valence-electron chi connectivity index (χ3n) is 8.94. The predicted molar refractivity (Wildman–Crippen MR) is 183 cm³/mol. The molecule has 0 unspecified atom stereocenters. The minimum absolute atomic E-state index is 0.0435. The summed E-state index contributed by atoms with van der Waals surface area (Å²) >= 11 is 0. The topological polar surface area (TPSA) is 105 Å². The lowest BCUT2D eigenvalue weighted by Gasteiger charge is -2.32. The highest BCUT2D eigenvalue weighted by Crippen LogP contribution is 2.33. The standard InChI is InChI=1S/C37H34N6O3/c1-3-34(44)39-27-13-14-32-33(21-27)43(37(46)41(32)2)28-16-19-42(20-17-28)23-24-9-11-26(12-10-24)35-29(25-7-5-4-6-8-25)22-30-31(40-35)15-18-38-36(30)45/h3-15,18,21-22,28H,1,16-17,19-20,23H2,2H3,(H,38,45)(H,39,44). The van der Waals surface area contributed by atoms with Gasteiger partial charge in [0.05, 0.1) is 27.6 Å². The van der Waals surface area contributed by atoms with E-state index in [0.717, 1.165) is 65.9 Å². The van der Waals surface area contributed by atoms with Gasteiger partial charge in [0.25, 0.3) is 5.56 Å². The first-order valence-electron chi connectivity index (χ1n) is 15.4. The number of hydrogen-bond donors (Lipinski definition) is 2. The van der Waals surface area contributed by atoms with Gasteiger partial charge in [0, 0.05) is 55.7 Å². The molecule has 0 bridgehead atoms. The number of aromatic nitrogens is 4. The number of H-pyrrole nitrogens is 1. The molecule has 9 nitrogen and oxygen atoms in total. The summed E-state index contributed by atoms with van der Waals surface area (Å²) in [5, 5.41) is 3.37. The van der Waals surface area contributed by atoms with E-state index in [1.807, 2.05) is 59.2 Å². The number of amides is 1. The van der Waals surface area contributed by atoms with E-state index in [2.05, 4.69) is 46.0 Å². The van der Waals surface area contributed by atoms with Gasteiger partial charge in [-0.1, -0.05) is 61.2 Å². The maximum atomic E-state index is 13.3. The zero-order chi connectivity index (χ0) is 31.8. The monoisotopic (exact) mass is 610 g/mol. The maximum Gasteiger partial charge on any atom is 0.329 e. The van der Waals surface area contributed by atoms with Crippen LogP contribution in [0.1, 0.15) is 24.4 Å². The Morgan fingerprint density at radius 3 is 2.46 bits per heavy atom. The number of aryl methyl sites for hydroxylation is 1. The fourth-order valence-electron chi connectivity index (χ4n) is 6.52. The van der Waals surface area contributed by atoms with Gasteiger partial charge in [-0.3, -0.25) is 23.6 Å². The molecule has 1 aliphatic heterocycles. The number of anilines is 1. The summed E-state index contributed by atoms with van der Waals surface area (Å²) in [4.78, 5) is 47.8. The number of benzene rings is 3. The third kappa shape index (κ3) is 5.46. The first-order chi connectivity index (χ1) is 22.4. The number of pyridine rings is 2. The zero-order valence-electron chi connectivity index (χ0n) is 25.6. The fourth-order valence-corrected chi connectivity index (χ4v) is 6.52. The zero-order valence-corrected chi connectivity index (χ0v) is 25.6. The molecule has 3 aromatic carbocycles. The summed E-state index contributed by atoms with van der Waals surface area (Å²) in [5.74, 6) is -0.285. The molecule has 4 heterocycles. The molecule has 0 radical (unpaired) electrons. The average molecular weight is 611 g/mol. The minimum Gasteiger partial charge on any atom is -0.328 e.